The Morgan fingerprint density at radius 1 is 1.50 bits per heavy atom. The van der Waals surface area contributed by atoms with Crippen LogP contribution >= 0.6 is 22.9 Å². The molecular weight excluding hydrogens is 276 g/mol. The van der Waals surface area contributed by atoms with Gasteiger partial charge in [0.2, 0.25) is 0 Å². The number of thiazole rings is 1. The maximum absolute atomic E-state index is 10.5. The summed E-state index contributed by atoms with van der Waals surface area (Å²) in [5, 5.41) is 16.7. The molecule has 0 saturated carbocycles. The van der Waals surface area contributed by atoms with Gasteiger partial charge in [-0.3, -0.25) is 10.1 Å². The van der Waals surface area contributed by atoms with Gasteiger partial charge in [0.15, 0.2) is 0 Å². The Kier molecular flexibility index (Phi) is 4.06. The van der Waals surface area contributed by atoms with Crippen molar-refractivity contribution in [2.75, 3.05) is 11.9 Å². The summed E-state index contributed by atoms with van der Waals surface area (Å²) < 4.78 is 0. The second-order valence-corrected chi connectivity index (χ2v) is 4.77. The number of halogens is 1. The number of pyridine rings is 1. The fourth-order valence-corrected chi connectivity index (χ4v) is 2.17. The van der Waals surface area contributed by atoms with Gasteiger partial charge in [-0.15, -0.1) is 11.3 Å². The standard InChI is InChI=1S/C10H9ClN4O2S/c11-8-5-7(15(16)17)6-14-10(8)13-2-1-9-12-3-4-18-9/h3-6H,1-2H2,(H,13,14). The van der Waals surface area contributed by atoms with Gasteiger partial charge in [0, 0.05) is 30.6 Å². The van der Waals surface area contributed by atoms with E-state index in [0.717, 1.165) is 11.4 Å². The normalized spacial score (nSPS) is 10.3. The van der Waals surface area contributed by atoms with Gasteiger partial charge in [0.1, 0.15) is 12.0 Å². The smallest absolute Gasteiger partial charge is 0.289 e. The zero-order valence-electron chi connectivity index (χ0n) is 9.17. The third-order valence-electron chi connectivity index (χ3n) is 2.15. The molecule has 0 fully saturated rings. The van der Waals surface area contributed by atoms with E-state index in [4.69, 9.17) is 11.6 Å². The Morgan fingerprint density at radius 2 is 2.33 bits per heavy atom. The zero-order chi connectivity index (χ0) is 13.0. The van der Waals surface area contributed by atoms with Crippen LogP contribution in [0.15, 0.2) is 23.8 Å². The van der Waals surface area contributed by atoms with E-state index in [-0.39, 0.29) is 10.7 Å². The maximum Gasteiger partial charge on any atom is 0.289 e. The minimum absolute atomic E-state index is 0.120. The lowest BCUT2D eigenvalue weighted by atomic mass is 10.4. The molecule has 0 amide bonds. The summed E-state index contributed by atoms with van der Waals surface area (Å²) >= 11 is 7.47. The number of hydrogen-bond acceptors (Lipinski definition) is 6. The van der Waals surface area contributed by atoms with Gasteiger partial charge < -0.3 is 5.32 Å². The summed E-state index contributed by atoms with van der Waals surface area (Å²) in [5.41, 5.74) is -0.120. The summed E-state index contributed by atoms with van der Waals surface area (Å²) in [6.07, 6.45) is 3.68. The van der Waals surface area contributed by atoms with Gasteiger partial charge in [-0.05, 0) is 0 Å². The van der Waals surface area contributed by atoms with Crippen molar-refractivity contribution < 1.29 is 4.92 Å². The number of aromatic nitrogens is 2. The van der Waals surface area contributed by atoms with Gasteiger partial charge in [-0.1, -0.05) is 11.6 Å². The zero-order valence-corrected chi connectivity index (χ0v) is 10.7. The highest BCUT2D eigenvalue weighted by molar-refractivity contribution is 7.09. The van der Waals surface area contributed by atoms with Gasteiger partial charge in [-0.2, -0.15) is 0 Å². The first-order chi connectivity index (χ1) is 8.66. The summed E-state index contributed by atoms with van der Waals surface area (Å²) in [7, 11) is 0. The topological polar surface area (TPSA) is 81.0 Å². The first kappa shape index (κ1) is 12.7. The van der Waals surface area contributed by atoms with Crippen molar-refractivity contribution >= 4 is 34.4 Å². The number of nitro groups is 1. The number of nitrogens with one attached hydrogen (secondary N) is 1. The molecule has 0 aliphatic rings. The van der Waals surface area contributed by atoms with Crippen LogP contribution < -0.4 is 5.32 Å². The third kappa shape index (κ3) is 3.14. The van der Waals surface area contributed by atoms with Crippen molar-refractivity contribution in [3.05, 3.63) is 44.0 Å². The highest BCUT2D eigenvalue weighted by Crippen LogP contribution is 2.23. The van der Waals surface area contributed by atoms with Crippen molar-refractivity contribution in [3.8, 4) is 0 Å². The van der Waals surface area contributed by atoms with Crippen molar-refractivity contribution in [1.82, 2.24) is 9.97 Å². The van der Waals surface area contributed by atoms with Gasteiger partial charge in [0.05, 0.1) is 15.0 Å². The molecule has 2 aromatic heterocycles. The Hall–Kier alpha value is -1.73. The highest BCUT2D eigenvalue weighted by atomic mass is 35.5. The van der Waals surface area contributed by atoms with E-state index >= 15 is 0 Å². The minimum Gasteiger partial charge on any atom is -0.368 e. The average molecular weight is 285 g/mol. The van der Waals surface area contributed by atoms with E-state index in [1.807, 2.05) is 5.38 Å². The SMILES string of the molecule is O=[N+]([O-])c1cnc(NCCc2nccs2)c(Cl)c1. The second kappa shape index (κ2) is 5.74. The largest absolute Gasteiger partial charge is 0.368 e. The molecule has 0 aromatic carbocycles. The van der Waals surface area contributed by atoms with Gasteiger partial charge in [0.25, 0.3) is 5.69 Å². The number of hydrogen-bond donors (Lipinski definition) is 1. The molecule has 94 valence electrons. The Labute approximate surface area is 112 Å². The predicted octanol–water partition coefficient (Wildman–Crippen LogP) is 2.75. The molecule has 18 heavy (non-hydrogen) atoms. The van der Waals surface area contributed by atoms with Gasteiger partial charge in [-0.25, -0.2) is 9.97 Å². The quantitative estimate of drug-likeness (QED) is 0.674. The first-order valence-electron chi connectivity index (χ1n) is 5.09. The highest BCUT2D eigenvalue weighted by Gasteiger charge is 2.10. The molecule has 0 aliphatic heterocycles. The number of rotatable bonds is 5. The number of anilines is 1. The monoisotopic (exact) mass is 284 g/mol. The van der Waals surface area contributed by atoms with Crippen LogP contribution in [-0.4, -0.2) is 21.4 Å². The van der Waals surface area contributed by atoms with E-state index in [9.17, 15) is 10.1 Å². The molecule has 1 N–H and O–H groups in total. The van der Waals surface area contributed by atoms with Crippen LogP contribution in [0.3, 0.4) is 0 Å². The van der Waals surface area contributed by atoms with Crippen molar-refractivity contribution in [1.29, 1.82) is 0 Å². The van der Waals surface area contributed by atoms with E-state index in [1.165, 1.54) is 12.3 Å². The van der Waals surface area contributed by atoms with E-state index < -0.39 is 4.92 Å². The molecular formula is C10H9ClN4O2S. The Balaban J connectivity index is 1.95. The molecule has 6 nitrogen and oxygen atoms in total. The van der Waals surface area contributed by atoms with Crippen molar-refractivity contribution in [2.24, 2.45) is 0 Å². The molecule has 2 rings (SSSR count). The third-order valence-corrected chi connectivity index (χ3v) is 3.28. The van der Waals surface area contributed by atoms with Crippen LogP contribution in [0.1, 0.15) is 5.01 Å². The summed E-state index contributed by atoms with van der Waals surface area (Å²) in [4.78, 5) is 18.0. The molecule has 0 saturated heterocycles. The van der Waals surface area contributed by atoms with E-state index in [1.54, 1.807) is 17.5 Å². The van der Waals surface area contributed by atoms with Crippen LogP contribution in [0.4, 0.5) is 11.5 Å². The van der Waals surface area contributed by atoms with Crippen LogP contribution in [-0.2, 0) is 6.42 Å². The van der Waals surface area contributed by atoms with Crippen LogP contribution in [0.2, 0.25) is 5.02 Å². The average Bonchev–Trinajstić information content (AvgIpc) is 2.84. The fraction of sp³-hybridized carbons (Fsp3) is 0.200. The second-order valence-electron chi connectivity index (χ2n) is 3.38. The molecule has 8 heteroatoms. The lowest BCUT2D eigenvalue weighted by Crippen LogP contribution is -2.06. The van der Waals surface area contributed by atoms with E-state index in [2.05, 4.69) is 15.3 Å². The summed E-state index contributed by atoms with van der Waals surface area (Å²) in [6, 6.07) is 1.28. The van der Waals surface area contributed by atoms with Crippen molar-refractivity contribution in [2.45, 2.75) is 6.42 Å². The molecule has 0 aliphatic carbocycles. The maximum atomic E-state index is 10.5. The Morgan fingerprint density at radius 3 is 2.94 bits per heavy atom. The van der Waals surface area contributed by atoms with Crippen LogP contribution in [0, 0.1) is 10.1 Å². The molecule has 0 bridgehead atoms. The lowest BCUT2D eigenvalue weighted by molar-refractivity contribution is -0.385. The summed E-state index contributed by atoms with van der Waals surface area (Å²) in [6.45, 7) is 0.623. The molecule has 0 radical (unpaired) electrons. The van der Waals surface area contributed by atoms with Crippen LogP contribution in [0.5, 0.6) is 0 Å². The molecule has 2 heterocycles. The van der Waals surface area contributed by atoms with E-state index in [0.29, 0.717) is 12.4 Å². The molecule has 0 spiro atoms. The number of nitrogens with zero attached hydrogens (tertiary/aromatic N) is 3. The lowest BCUT2D eigenvalue weighted by Gasteiger charge is -2.05. The molecule has 0 atom stereocenters. The molecule has 0 unspecified atom stereocenters. The molecule has 2 aromatic rings. The Bertz CT molecular complexity index is 547. The predicted molar refractivity (Wildman–Crippen MR) is 70.2 cm³/mol. The summed E-state index contributed by atoms with van der Waals surface area (Å²) in [5.74, 6) is 0.443. The van der Waals surface area contributed by atoms with Crippen molar-refractivity contribution in [3.63, 3.8) is 0 Å². The first-order valence-corrected chi connectivity index (χ1v) is 6.35. The minimum atomic E-state index is -0.530. The fourth-order valence-electron chi connectivity index (χ4n) is 1.32. The van der Waals surface area contributed by atoms with Crippen LogP contribution in [0.25, 0.3) is 0 Å². The van der Waals surface area contributed by atoms with Gasteiger partial charge >= 0.3 is 0 Å².